The van der Waals surface area contributed by atoms with E-state index in [0.717, 1.165) is 0 Å². The molecule has 3 amide bonds. The molecule has 0 radical (unpaired) electrons. The molecule has 0 heterocycles. The van der Waals surface area contributed by atoms with Crippen molar-refractivity contribution in [2.75, 3.05) is 17.8 Å². The molecule has 0 aliphatic heterocycles. The summed E-state index contributed by atoms with van der Waals surface area (Å²) in [4.78, 5) is 59.6. The van der Waals surface area contributed by atoms with Gasteiger partial charge in [-0.2, -0.15) is 24.4 Å². The number of aliphatic carboxylic acids is 2. The quantitative estimate of drug-likeness (QED) is 0.152. The molecule has 0 saturated heterocycles. The van der Waals surface area contributed by atoms with Gasteiger partial charge in [0.15, 0.2) is 0 Å². The third-order valence-corrected chi connectivity index (χ3v) is 5.06. The highest BCUT2D eigenvalue weighted by atomic mass is 32.2. The minimum absolute atomic E-state index is 0.0541. The second-order valence-electron chi connectivity index (χ2n) is 6.86. The van der Waals surface area contributed by atoms with Gasteiger partial charge < -0.3 is 31.9 Å². The molecule has 4 atom stereocenters. The Kier molecular flexibility index (Phi) is 13.2. The van der Waals surface area contributed by atoms with Crippen LogP contribution >= 0.6 is 24.4 Å². The first-order valence-corrected chi connectivity index (χ1v) is 11.2. The zero-order chi connectivity index (χ0) is 23.4. The lowest BCUT2D eigenvalue weighted by Gasteiger charge is -2.25. The summed E-state index contributed by atoms with van der Waals surface area (Å²) >= 11 is 5.35. The Bertz CT molecular complexity index is 633. The molecule has 13 heteroatoms. The van der Waals surface area contributed by atoms with Crippen LogP contribution in [-0.2, 0) is 24.0 Å². The van der Waals surface area contributed by atoms with E-state index in [2.05, 4.69) is 28.6 Å². The van der Waals surface area contributed by atoms with E-state index in [-0.39, 0.29) is 12.2 Å². The number of thiol groups is 1. The minimum Gasteiger partial charge on any atom is -0.481 e. The van der Waals surface area contributed by atoms with E-state index in [1.165, 1.54) is 11.8 Å². The van der Waals surface area contributed by atoms with Crippen molar-refractivity contribution in [2.24, 2.45) is 11.7 Å². The van der Waals surface area contributed by atoms with Gasteiger partial charge in [0.1, 0.15) is 18.1 Å². The fourth-order valence-electron chi connectivity index (χ4n) is 2.29. The van der Waals surface area contributed by atoms with Gasteiger partial charge >= 0.3 is 11.9 Å². The SMILES string of the molecule is CSCCC(NC(=O)C(N)CS)C(=O)NC(CC(=O)O)C(=O)NC(C(=O)O)C(C)C. The summed E-state index contributed by atoms with van der Waals surface area (Å²) in [6, 6.07) is -4.78. The van der Waals surface area contributed by atoms with Crippen LogP contribution in [0.4, 0.5) is 0 Å². The zero-order valence-corrected chi connectivity index (χ0v) is 18.8. The first-order chi connectivity index (χ1) is 13.9. The van der Waals surface area contributed by atoms with Crippen LogP contribution in [0.3, 0.4) is 0 Å². The topological polar surface area (TPSA) is 188 Å². The molecular formula is C17H30N4O7S2. The third kappa shape index (κ3) is 10.2. The highest BCUT2D eigenvalue weighted by Gasteiger charge is 2.32. The first-order valence-electron chi connectivity index (χ1n) is 9.15. The molecule has 4 unspecified atom stereocenters. The lowest BCUT2D eigenvalue weighted by Crippen LogP contribution is -2.58. The van der Waals surface area contributed by atoms with Gasteiger partial charge in [0.25, 0.3) is 0 Å². The summed E-state index contributed by atoms with van der Waals surface area (Å²) < 4.78 is 0. The van der Waals surface area contributed by atoms with Crippen molar-refractivity contribution in [3.63, 3.8) is 0 Å². The second kappa shape index (κ2) is 14.1. The van der Waals surface area contributed by atoms with Crippen molar-refractivity contribution in [3.05, 3.63) is 0 Å². The van der Waals surface area contributed by atoms with E-state index in [1.54, 1.807) is 20.1 Å². The lowest BCUT2D eigenvalue weighted by molar-refractivity contribution is -0.144. The number of rotatable bonds is 14. The van der Waals surface area contributed by atoms with Crippen molar-refractivity contribution < 1.29 is 34.2 Å². The van der Waals surface area contributed by atoms with Crippen LogP contribution in [0.5, 0.6) is 0 Å². The Morgan fingerprint density at radius 2 is 1.50 bits per heavy atom. The summed E-state index contributed by atoms with van der Waals surface area (Å²) in [5, 5.41) is 25.3. The second-order valence-corrected chi connectivity index (χ2v) is 8.21. The molecule has 0 aliphatic carbocycles. The number of hydrogen-bond acceptors (Lipinski definition) is 8. The Morgan fingerprint density at radius 3 is 1.93 bits per heavy atom. The van der Waals surface area contributed by atoms with Gasteiger partial charge in [-0.15, -0.1) is 0 Å². The Morgan fingerprint density at radius 1 is 0.967 bits per heavy atom. The molecule has 0 spiro atoms. The monoisotopic (exact) mass is 466 g/mol. The average molecular weight is 467 g/mol. The molecule has 0 aromatic rings. The number of carboxylic acid groups (broad SMARTS) is 2. The molecule has 172 valence electrons. The summed E-state index contributed by atoms with van der Waals surface area (Å²) in [7, 11) is 0. The highest BCUT2D eigenvalue weighted by Crippen LogP contribution is 2.06. The Balaban J connectivity index is 5.43. The largest absolute Gasteiger partial charge is 0.481 e. The smallest absolute Gasteiger partial charge is 0.326 e. The van der Waals surface area contributed by atoms with Gasteiger partial charge in [-0.25, -0.2) is 4.79 Å². The Hall–Kier alpha value is -1.99. The molecule has 11 nitrogen and oxygen atoms in total. The molecule has 0 bridgehead atoms. The van der Waals surface area contributed by atoms with Crippen molar-refractivity contribution in [1.82, 2.24) is 16.0 Å². The number of carbonyl (C=O) groups is 5. The van der Waals surface area contributed by atoms with Crippen molar-refractivity contribution in [3.8, 4) is 0 Å². The van der Waals surface area contributed by atoms with Crippen LogP contribution in [0.1, 0.15) is 26.7 Å². The maximum atomic E-state index is 12.7. The molecular weight excluding hydrogens is 436 g/mol. The molecule has 30 heavy (non-hydrogen) atoms. The van der Waals surface area contributed by atoms with E-state index >= 15 is 0 Å². The molecule has 0 aromatic carbocycles. The Labute approximate surface area is 184 Å². The normalized spacial score (nSPS) is 14.9. The van der Waals surface area contributed by atoms with Crippen molar-refractivity contribution in [2.45, 2.75) is 50.9 Å². The van der Waals surface area contributed by atoms with Gasteiger partial charge in [-0.3, -0.25) is 19.2 Å². The van der Waals surface area contributed by atoms with Gasteiger partial charge in [0.05, 0.1) is 12.5 Å². The standard InChI is InChI=1S/C17H30N4O7S2/c1-8(2)13(17(27)28)21-16(26)11(6-12(22)23)20-15(25)10(4-5-30-3)19-14(24)9(18)7-29/h8-11,13,29H,4-7,18H2,1-3H3,(H,19,24)(H,20,25)(H,21,26)(H,22,23)(H,27,28). The number of nitrogens with one attached hydrogen (secondary N) is 3. The summed E-state index contributed by atoms with van der Waals surface area (Å²) in [5.41, 5.74) is 5.60. The molecule has 0 aliphatic rings. The van der Waals surface area contributed by atoms with E-state index in [4.69, 9.17) is 10.8 Å². The number of nitrogens with two attached hydrogens (primary N) is 1. The predicted molar refractivity (Wildman–Crippen MR) is 115 cm³/mol. The van der Waals surface area contributed by atoms with E-state index in [9.17, 15) is 29.1 Å². The van der Waals surface area contributed by atoms with E-state index < -0.39 is 66.2 Å². The molecule has 0 saturated carbocycles. The lowest BCUT2D eigenvalue weighted by atomic mass is 10.0. The highest BCUT2D eigenvalue weighted by molar-refractivity contribution is 7.98. The zero-order valence-electron chi connectivity index (χ0n) is 17.1. The van der Waals surface area contributed by atoms with Crippen LogP contribution < -0.4 is 21.7 Å². The number of thioether (sulfide) groups is 1. The summed E-state index contributed by atoms with van der Waals surface area (Å²) in [6.45, 7) is 3.14. The number of carbonyl (C=O) groups excluding carboxylic acids is 3. The van der Waals surface area contributed by atoms with Crippen LogP contribution in [0.2, 0.25) is 0 Å². The number of amides is 3. The van der Waals surface area contributed by atoms with Crippen LogP contribution in [0.25, 0.3) is 0 Å². The van der Waals surface area contributed by atoms with Gasteiger partial charge in [-0.1, -0.05) is 13.8 Å². The van der Waals surface area contributed by atoms with Crippen LogP contribution in [0, 0.1) is 5.92 Å². The minimum atomic E-state index is -1.53. The van der Waals surface area contributed by atoms with E-state index in [1.807, 2.05) is 0 Å². The summed E-state index contributed by atoms with van der Waals surface area (Å²) in [6.07, 6.45) is 1.25. The van der Waals surface area contributed by atoms with Gasteiger partial charge in [0.2, 0.25) is 17.7 Å². The van der Waals surface area contributed by atoms with Crippen LogP contribution in [-0.4, -0.2) is 81.8 Å². The fourth-order valence-corrected chi connectivity index (χ4v) is 2.93. The molecule has 7 N–H and O–H groups in total. The average Bonchev–Trinajstić information content (AvgIpc) is 2.66. The fraction of sp³-hybridized carbons (Fsp3) is 0.706. The van der Waals surface area contributed by atoms with Crippen molar-refractivity contribution >= 4 is 54.1 Å². The van der Waals surface area contributed by atoms with Crippen molar-refractivity contribution in [1.29, 1.82) is 0 Å². The number of hydrogen-bond donors (Lipinski definition) is 7. The molecule has 0 fully saturated rings. The van der Waals surface area contributed by atoms with Gasteiger partial charge in [-0.05, 0) is 24.3 Å². The third-order valence-electron chi connectivity index (χ3n) is 4.02. The molecule has 0 aromatic heterocycles. The van der Waals surface area contributed by atoms with E-state index in [0.29, 0.717) is 5.75 Å². The maximum Gasteiger partial charge on any atom is 0.326 e. The predicted octanol–water partition coefficient (Wildman–Crippen LogP) is -1.33. The number of carboxylic acids is 2. The van der Waals surface area contributed by atoms with Gasteiger partial charge in [0, 0.05) is 5.75 Å². The van der Waals surface area contributed by atoms with Crippen LogP contribution in [0.15, 0.2) is 0 Å². The maximum absolute atomic E-state index is 12.7. The summed E-state index contributed by atoms with van der Waals surface area (Å²) in [5.74, 6) is -4.91. The molecule has 0 rings (SSSR count). The first kappa shape index (κ1) is 28.0.